The van der Waals surface area contributed by atoms with Gasteiger partial charge in [0.25, 0.3) is 0 Å². The van der Waals surface area contributed by atoms with Crippen LogP contribution in [0, 0.1) is 19.7 Å². The van der Waals surface area contributed by atoms with Crippen LogP contribution >= 0.6 is 12.4 Å². The van der Waals surface area contributed by atoms with Crippen LogP contribution in [0.15, 0.2) is 78.9 Å². The number of aromatic amines is 1. The average Bonchev–Trinajstić information content (AvgIpc) is 3.39. The van der Waals surface area contributed by atoms with E-state index in [9.17, 15) is 4.39 Å². The Hall–Kier alpha value is -4.10. The van der Waals surface area contributed by atoms with Gasteiger partial charge in [0.15, 0.2) is 5.82 Å². The van der Waals surface area contributed by atoms with E-state index in [1.165, 1.54) is 12.1 Å². The molecule has 0 aliphatic carbocycles. The molecule has 3 aromatic carbocycles. The zero-order valence-corrected chi connectivity index (χ0v) is 20.0. The minimum atomic E-state index is -0.273. The minimum absolute atomic E-state index is 0. The first-order valence-electron chi connectivity index (χ1n) is 10.9. The van der Waals surface area contributed by atoms with Crippen molar-refractivity contribution in [3.05, 3.63) is 102 Å². The van der Waals surface area contributed by atoms with Crippen LogP contribution in [0.1, 0.15) is 17.0 Å². The van der Waals surface area contributed by atoms with E-state index in [0.29, 0.717) is 12.4 Å². The molecule has 0 saturated carbocycles. The predicted molar refractivity (Wildman–Crippen MR) is 136 cm³/mol. The third kappa shape index (κ3) is 5.20. The van der Waals surface area contributed by atoms with E-state index in [4.69, 9.17) is 4.74 Å². The van der Waals surface area contributed by atoms with Gasteiger partial charge < -0.3 is 4.74 Å². The van der Waals surface area contributed by atoms with E-state index in [1.54, 1.807) is 12.1 Å². The maximum atomic E-state index is 13.4. The number of rotatable bonds is 6. The molecule has 2 aromatic heterocycles. The molecule has 0 aliphatic rings. The molecule has 2 heterocycles. The molecule has 0 atom stereocenters. The van der Waals surface area contributed by atoms with E-state index in [0.717, 1.165) is 50.5 Å². The molecule has 0 saturated heterocycles. The molecule has 0 spiro atoms. The summed E-state index contributed by atoms with van der Waals surface area (Å²) in [5.41, 5.74) is 7.50. The highest BCUT2D eigenvalue weighted by Crippen LogP contribution is 2.34. The normalized spacial score (nSPS) is 10.6. The Morgan fingerprint density at radius 2 is 1.54 bits per heavy atom. The number of nitrogens with one attached hydrogen (secondary N) is 1. The second-order valence-electron chi connectivity index (χ2n) is 8.01. The van der Waals surface area contributed by atoms with Crippen LogP contribution in [-0.2, 0) is 6.61 Å². The van der Waals surface area contributed by atoms with E-state index in [2.05, 4.69) is 37.7 Å². The third-order valence-corrected chi connectivity index (χ3v) is 5.61. The lowest BCUT2D eigenvalue weighted by molar-refractivity contribution is 0.307. The molecule has 0 aliphatic heterocycles. The Morgan fingerprint density at radius 3 is 2.23 bits per heavy atom. The molecule has 0 bridgehead atoms. The number of nitrogens with zero attached hydrogens (tertiary/aromatic N) is 4. The molecule has 176 valence electrons. The fourth-order valence-corrected chi connectivity index (χ4v) is 4.03. The first-order valence-corrected chi connectivity index (χ1v) is 10.9. The van der Waals surface area contributed by atoms with Gasteiger partial charge in [-0.3, -0.25) is 4.98 Å². The van der Waals surface area contributed by atoms with E-state index in [-0.39, 0.29) is 18.2 Å². The van der Waals surface area contributed by atoms with Crippen LogP contribution in [0.4, 0.5) is 4.39 Å². The van der Waals surface area contributed by atoms with Crippen LogP contribution in [0.3, 0.4) is 0 Å². The highest BCUT2D eigenvalue weighted by atomic mass is 35.5. The molecule has 5 aromatic rings. The molecular formula is C27H23ClFN5O. The Bertz CT molecular complexity index is 1420. The molecule has 8 heteroatoms. The van der Waals surface area contributed by atoms with Gasteiger partial charge >= 0.3 is 0 Å². The zero-order chi connectivity index (χ0) is 23.5. The number of aromatic nitrogens is 5. The smallest absolute Gasteiger partial charge is 0.180 e. The number of hydrogen-bond acceptors (Lipinski definition) is 5. The molecule has 1 N–H and O–H groups in total. The summed E-state index contributed by atoms with van der Waals surface area (Å²) >= 11 is 0. The van der Waals surface area contributed by atoms with E-state index in [1.807, 2.05) is 56.3 Å². The largest absolute Gasteiger partial charge is 0.488 e. The van der Waals surface area contributed by atoms with Crippen LogP contribution in [0.25, 0.3) is 33.6 Å². The SMILES string of the molecule is Cc1cc(OCc2ccc(-c3ccccc3-c3nnn[nH]3)cc2)c(-c2ccc(F)cc2)c(C)n1.Cl. The number of halogens is 2. The highest BCUT2D eigenvalue weighted by molar-refractivity contribution is 5.85. The number of aryl methyl sites for hydroxylation is 2. The van der Waals surface area contributed by atoms with Gasteiger partial charge in [-0.2, -0.15) is 0 Å². The Labute approximate surface area is 208 Å². The molecule has 35 heavy (non-hydrogen) atoms. The Morgan fingerprint density at radius 1 is 0.857 bits per heavy atom. The van der Waals surface area contributed by atoms with Gasteiger partial charge in [-0.1, -0.05) is 60.7 Å². The van der Waals surface area contributed by atoms with Crippen molar-refractivity contribution in [2.45, 2.75) is 20.5 Å². The summed E-state index contributed by atoms with van der Waals surface area (Å²) in [4.78, 5) is 4.57. The molecular weight excluding hydrogens is 465 g/mol. The summed E-state index contributed by atoms with van der Waals surface area (Å²) in [6.07, 6.45) is 0. The summed E-state index contributed by atoms with van der Waals surface area (Å²) in [6, 6.07) is 24.5. The second-order valence-corrected chi connectivity index (χ2v) is 8.01. The summed E-state index contributed by atoms with van der Waals surface area (Å²) in [7, 11) is 0. The number of benzene rings is 3. The highest BCUT2D eigenvalue weighted by Gasteiger charge is 2.14. The van der Waals surface area contributed by atoms with Gasteiger partial charge in [0.05, 0.1) is 0 Å². The van der Waals surface area contributed by atoms with Crippen molar-refractivity contribution in [3.8, 4) is 39.4 Å². The summed E-state index contributed by atoms with van der Waals surface area (Å²) < 4.78 is 19.7. The molecule has 5 rings (SSSR count). The van der Waals surface area contributed by atoms with Crippen molar-refractivity contribution in [1.29, 1.82) is 0 Å². The predicted octanol–water partition coefficient (Wildman–Crippen LogP) is 6.35. The van der Waals surface area contributed by atoms with E-state index >= 15 is 0 Å². The zero-order valence-electron chi connectivity index (χ0n) is 19.2. The van der Waals surface area contributed by atoms with Crippen molar-refractivity contribution in [3.63, 3.8) is 0 Å². The van der Waals surface area contributed by atoms with Crippen molar-refractivity contribution in [2.75, 3.05) is 0 Å². The van der Waals surface area contributed by atoms with Gasteiger partial charge in [0.2, 0.25) is 0 Å². The maximum absolute atomic E-state index is 13.4. The van der Waals surface area contributed by atoms with Crippen LogP contribution in [0.2, 0.25) is 0 Å². The monoisotopic (exact) mass is 487 g/mol. The summed E-state index contributed by atoms with van der Waals surface area (Å²) in [5.74, 6) is 1.08. The van der Waals surface area contributed by atoms with Gasteiger partial charge in [0.1, 0.15) is 18.2 Å². The van der Waals surface area contributed by atoms with Crippen molar-refractivity contribution in [1.82, 2.24) is 25.6 Å². The third-order valence-electron chi connectivity index (χ3n) is 5.61. The lowest BCUT2D eigenvalue weighted by atomic mass is 9.98. The molecule has 0 unspecified atom stereocenters. The van der Waals surface area contributed by atoms with Crippen LogP contribution in [0.5, 0.6) is 5.75 Å². The maximum Gasteiger partial charge on any atom is 0.180 e. The summed E-state index contributed by atoms with van der Waals surface area (Å²) in [5, 5.41) is 14.2. The van der Waals surface area contributed by atoms with Gasteiger partial charge in [-0.25, -0.2) is 9.49 Å². The number of hydrogen-bond donors (Lipinski definition) is 1. The van der Waals surface area contributed by atoms with E-state index < -0.39 is 0 Å². The van der Waals surface area contributed by atoms with Crippen molar-refractivity contribution in [2.24, 2.45) is 0 Å². The first-order chi connectivity index (χ1) is 16.6. The lowest BCUT2D eigenvalue weighted by Crippen LogP contribution is -2.01. The standard InChI is InChI=1S/C27H22FN5O.ClH/c1-17-15-25(26(18(2)29-17)21-11-13-22(28)14-12-21)34-16-19-7-9-20(10-8-19)23-5-3-4-6-24(23)27-30-32-33-31-27;/h3-15H,16H2,1-2H3,(H,30,31,32,33);1H. The number of pyridine rings is 1. The molecule has 0 radical (unpaired) electrons. The van der Waals surface area contributed by atoms with Crippen LogP contribution < -0.4 is 4.74 Å². The molecule has 0 amide bonds. The molecule has 6 nitrogen and oxygen atoms in total. The summed E-state index contributed by atoms with van der Waals surface area (Å²) in [6.45, 7) is 4.27. The number of H-pyrrole nitrogens is 1. The number of ether oxygens (including phenoxy) is 1. The lowest BCUT2D eigenvalue weighted by Gasteiger charge is -2.15. The fraction of sp³-hybridized carbons (Fsp3) is 0.111. The first kappa shape index (κ1) is 24.0. The van der Waals surface area contributed by atoms with Crippen LogP contribution in [-0.4, -0.2) is 25.6 Å². The fourth-order valence-electron chi connectivity index (χ4n) is 4.03. The Balaban J connectivity index is 0.00000289. The van der Waals surface area contributed by atoms with Crippen molar-refractivity contribution < 1.29 is 9.13 Å². The van der Waals surface area contributed by atoms with Crippen molar-refractivity contribution >= 4 is 12.4 Å². The Kier molecular flexibility index (Phi) is 7.17. The number of tetrazole rings is 1. The van der Waals surface area contributed by atoms with Gasteiger partial charge in [-0.15, -0.1) is 17.5 Å². The average molecular weight is 488 g/mol. The molecule has 0 fully saturated rings. The second kappa shape index (κ2) is 10.4. The van der Waals surface area contributed by atoms with Gasteiger partial charge in [0, 0.05) is 28.6 Å². The topological polar surface area (TPSA) is 76.6 Å². The quantitative estimate of drug-likeness (QED) is 0.302. The minimum Gasteiger partial charge on any atom is -0.488 e. The van der Waals surface area contributed by atoms with Gasteiger partial charge in [-0.05, 0) is 58.7 Å².